The zero-order valence-corrected chi connectivity index (χ0v) is 19.1. The summed E-state index contributed by atoms with van der Waals surface area (Å²) in [4.78, 5) is 16.5. The van der Waals surface area contributed by atoms with Crippen LogP contribution in [-0.4, -0.2) is 30.4 Å². The molecule has 0 bridgehead atoms. The van der Waals surface area contributed by atoms with Crippen LogP contribution in [0.25, 0.3) is 17.2 Å². The monoisotopic (exact) mass is 474 g/mol. The molecule has 172 valence electrons. The van der Waals surface area contributed by atoms with Crippen molar-refractivity contribution in [3.63, 3.8) is 0 Å². The van der Waals surface area contributed by atoms with Gasteiger partial charge in [0.15, 0.2) is 0 Å². The lowest BCUT2D eigenvalue weighted by Gasteiger charge is -2.08. The molecule has 0 radical (unpaired) electrons. The van der Waals surface area contributed by atoms with E-state index in [1.807, 2.05) is 12.1 Å². The predicted octanol–water partition coefficient (Wildman–Crippen LogP) is 4.03. The van der Waals surface area contributed by atoms with Gasteiger partial charge in [0, 0.05) is 36.3 Å². The maximum absolute atomic E-state index is 13.2. The first kappa shape index (κ1) is 22.8. The maximum atomic E-state index is 13.2. The Morgan fingerprint density at radius 2 is 1.88 bits per heavy atom. The number of amides is 1. The van der Waals surface area contributed by atoms with Crippen molar-refractivity contribution in [2.45, 2.75) is 4.90 Å². The summed E-state index contributed by atoms with van der Waals surface area (Å²) in [7, 11) is -2.30. The van der Waals surface area contributed by atoms with E-state index in [2.05, 4.69) is 10.3 Å². The minimum Gasteiger partial charge on any atom is -0.481 e. The number of benzene rings is 2. The number of para-hydroxylation sites is 2. The fourth-order valence-corrected chi connectivity index (χ4v) is 4.48. The molecule has 0 aliphatic carbocycles. The summed E-state index contributed by atoms with van der Waals surface area (Å²) in [6.45, 7) is 0. The summed E-state index contributed by atoms with van der Waals surface area (Å²) >= 11 is 0. The first-order valence-electron chi connectivity index (χ1n) is 10.2. The number of ether oxygens (including phenoxy) is 1. The molecule has 2 aromatic carbocycles. The van der Waals surface area contributed by atoms with Gasteiger partial charge in [0.25, 0.3) is 10.0 Å². The van der Waals surface area contributed by atoms with Gasteiger partial charge in [0.05, 0.1) is 23.4 Å². The second-order valence-corrected chi connectivity index (χ2v) is 9.15. The normalized spacial score (nSPS) is 11.4. The second-order valence-electron chi connectivity index (χ2n) is 7.31. The van der Waals surface area contributed by atoms with Crippen molar-refractivity contribution in [1.82, 2.24) is 8.96 Å². The summed E-state index contributed by atoms with van der Waals surface area (Å²) in [5, 5.41) is 2.68. The predicted molar refractivity (Wildman–Crippen MR) is 132 cm³/mol. The van der Waals surface area contributed by atoms with E-state index < -0.39 is 10.0 Å². The van der Waals surface area contributed by atoms with E-state index in [9.17, 15) is 13.2 Å². The number of carbonyl (C=O) groups is 1. The van der Waals surface area contributed by atoms with Gasteiger partial charge >= 0.3 is 0 Å². The lowest BCUT2D eigenvalue weighted by Crippen LogP contribution is -2.11. The summed E-state index contributed by atoms with van der Waals surface area (Å²) in [5.41, 5.74) is 8.81. The first-order valence-corrected chi connectivity index (χ1v) is 11.7. The van der Waals surface area contributed by atoms with Crippen LogP contribution in [0.3, 0.4) is 0 Å². The van der Waals surface area contributed by atoms with Gasteiger partial charge in [-0.3, -0.25) is 4.79 Å². The molecule has 0 aliphatic heterocycles. The minimum atomic E-state index is -3.83. The van der Waals surface area contributed by atoms with Crippen LogP contribution < -0.4 is 15.8 Å². The van der Waals surface area contributed by atoms with Crippen LogP contribution in [0.1, 0.15) is 5.56 Å². The highest BCUT2D eigenvalue weighted by Gasteiger charge is 2.17. The van der Waals surface area contributed by atoms with Crippen molar-refractivity contribution < 1.29 is 17.9 Å². The number of nitrogens with two attached hydrogens (primary N) is 1. The van der Waals surface area contributed by atoms with E-state index in [1.165, 1.54) is 37.7 Å². The summed E-state index contributed by atoms with van der Waals surface area (Å²) in [6.07, 6.45) is 7.34. The van der Waals surface area contributed by atoms with E-state index in [4.69, 9.17) is 10.5 Å². The molecule has 0 saturated heterocycles. The number of hydrogen-bond acceptors (Lipinski definition) is 6. The zero-order valence-electron chi connectivity index (χ0n) is 18.3. The van der Waals surface area contributed by atoms with Gasteiger partial charge in [-0.2, -0.15) is 0 Å². The number of rotatable bonds is 7. The number of nitrogens with one attached hydrogen (secondary N) is 1. The quantitative estimate of drug-likeness (QED) is 0.309. The topological polar surface area (TPSA) is 116 Å². The van der Waals surface area contributed by atoms with Crippen LogP contribution in [0.4, 0.5) is 11.4 Å². The van der Waals surface area contributed by atoms with Crippen LogP contribution in [-0.2, 0) is 14.8 Å². The van der Waals surface area contributed by atoms with Gasteiger partial charge in [-0.25, -0.2) is 17.4 Å². The standard InChI is InChI=1S/C25H22N4O4S/c1-33-25-12-10-20(16-27-25)19-5-4-6-21(15-19)34(31,32)29-14-13-18(17-29)9-11-24(30)28-23-8-3-2-7-22(23)26/h2-17H,26H2,1H3,(H,28,30)/b11-9+. The molecule has 0 spiro atoms. The van der Waals surface area contributed by atoms with Gasteiger partial charge in [-0.05, 0) is 53.6 Å². The van der Waals surface area contributed by atoms with Crippen LogP contribution in [0.5, 0.6) is 5.88 Å². The molecule has 0 saturated carbocycles. The Kier molecular flexibility index (Phi) is 6.46. The van der Waals surface area contributed by atoms with E-state index >= 15 is 0 Å². The molecule has 0 aliphatic rings. The van der Waals surface area contributed by atoms with Gasteiger partial charge < -0.3 is 15.8 Å². The smallest absolute Gasteiger partial charge is 0.267 e. The number of nitrogen functional groups attached to an aromatic ring is 1. The SMILES string of the molecule is COc1ccc(-c2cccc(S(=O)(=O)n3ccc(/C=C/C(=O)Nc4ccccc4N)c3)c2)cn1. The van der Waals surface area contributed by atoms with Gasteiger partial charge in [-0.15, -0.1) is 0 Å². The Balaban J connectivity index is 1.52. The number of pyridine rings is 1. The number of methoxy groups -OCH3 is 1. The fraction of sp³-hybridized carbons (Fsp3) is 0.0400. The average Bonchev–Trinajstić information content (AvgIpc) is 3.34. The Bertz CT molecular complexity index is 1460. The highest BCUT2D eigenvalue weighted by atomic mass is 32.2. The van der Waals surface area contributed by atoms with Crippen LogP contribution >= 0.6 is 0 Å². The van der Waals surface area contributed by atoms with E-state index in [-0.39, 0.29) is 10.8 Å². The Labute approximate surface area is 197 Å². The van der Waals surface area contributed by atoms with Crippen LogP contribution in [0.2, 0.25) is 0 Å². The van der Waals surface area contributed by atoms with E-state index in [0.717, 1.165) is 9.54 Å². The third-order valence-electron chi connectivity index (χ3n) is 5.02. The number of carbonyl (C=O) groups excluding carboxylic acids is 1. The summed E-state index contributed by atoms with van der Waals surface area (Å²) < 4.78 is 32.5. The molecule has 9 heteroatoms. The molecule has 2 heterocycles. The fourth-order valence-electron chi connectivity index (χ4n) is 3.23. The summed E-state index contributed by atoms with van der Waals surface area (Å²) in [5.74, 6) is 0.0932. The molecule has 1 amide bonds. The lowest BCUT2D eigenvalue weighted by atomic mass is 10.1. The molecule has 0 unspecified atom stereocenters. The number of hydrogen-bond donors (Lipinski definition) is 2. The number of anilines is 2. The van der Waals surface area contributed by atoms with Gasteiger partial charge in [0.2, 0.25) is 11.8 Å². The van der Waals surface area contributed by atoms with Crippen molar-refractivity contribution >= 4 is 33.4 Å². The Morgan fingerprint density at radius 3 is 2.62 bits per heavy atom. The first-order chi connectivity index (χ1) is 16.4. The van der Waals surface area contributed by atoms with Crippen molar-refractivity contribution in [2.24, 2.45) is 0 Å². The molecule has 3 N–H and O–H groups in total. The molecule has 34 heavy (non-hydrogen) atoms. The highest BCUT2D eigenvalue weighted by molar-refractivity contribution is 7.90. The average molecular weight is 475 g/mol. The Hall–Kier alpha value is -4.37. The molecule has 8 nitrogen and oxygen atoms in total. The molecule has 2 aromatic heterocycles. The third kappa shape index (κ3) is 5.00. The Morgan fingerprint density at radius 1 is 1.06 bits per heavy atom. The molecular weight excluding hydrogens is 452 g/mol. The molecule has 4 rings (SSSR count). The van der Waals surface area contributed by atoms with Crippen molar-refractivity contribution in [3.8, 4) is 17.0 Å². The lowest BCUT2D eigenvalue weighted by molar-refractivity contribution is -0.111. The zero-order chi connectivity index (χ0) is 24.1. The molecular formula is C25H22N4O4S. The number of aromatic nitrogens is 2. The van der Waals surface area contributed by atoms with Crippen molar-refractivity contribution in [2.75, 3.05) is 18.2 Å². The summed E-state index contributed by atoms with van der Waals surface area (Å²) in [6, 6.07) is 18.7. The minimum absolute atomic E-state index is 0.129. The second kappa shape index (κ2) is 9.63. The molecule has 0 atom stereocenters. The van der Waals surface area contributed by atoms with Gasteiger partial charge in [-0.1, -0.05) is 24.3 Å². The van der Waals surface area contributed by atoms with Crippen molar-refractivity contribution in [1.29, 1.82) is 0 Å². The third-order valence-corrected chi connectivity index (χ3v) is 6.66. The highest BCUT2D eigenvalue weighted by Crippen LogP contribution is 2.25. The molecule has 4 aromatic rings. The van der Waals surface area contributed by atoms with Crippen molar-refractivity contribution in [3.05, 3.63) is 97.0 Å². The maximum Gasteiger partial charge on any atom is 0.267 e. The largest absolute Gasteiger partial charge is 0.481 e. The van der Waals surface area contributed by atoms with Crippen LogP contribution in [0, 0.1) is 0 Å². The van der Waals surface area contributed by atoms with Crippen LogP contribution in [0.15, 0.2) is 96.3 Å². The van der Waals surface area contributed by atoms with E-state index in [0.29, 0.717) is 28.4 Å². The van der Waals surface area contributed by atoms with Gasteiger partial charge in [0.1, 0.15) is 0 Å². The number of nitrogens with zero attached hydrogens (tertiary/aromatic N) is 2. The molecule has 0 fully saturated rings. The van der Waals surface area contributed by atoms with E-state index in [1.54, 1.807) is 54.7 Å².